The summed E-state index contributed by atoms with van der Waals surface area (Å²) in [7, 11) is 0. The zero-order chi connectivity index (χ0) is 24.2. The molecule has 0 saturated carbocycles. The first kappa shape index (κ1) is 23.7. The maximum absolute atomic E-state index is 13.5. The molecule has 0 spiro atoms. The Morgan fingerprint density at radius 3 is 2.32 bits per heavy atom. The molecule has 2 heterocycles. The highest BCUT2D eigenvalue weighted by Crippen LogP contribution is 2.36. The first-order chi connectivity index (χ1) is 16.3. The van der Waals surface area contributed by atoms with Crippen molar-refractivity contribution in [1.82, 2.24) is 9.80 Å². The zero-order valence-corrected chi connectivity index (χ0v) is 19.5. The fourth-order valence-corrected chi connectivity index (χ4v) is 4.44. The molecule has 2 atom stereocenters. The van der Waals surface area contributed by atoms with Crippen molar-refractivity contribution < 1.29 is 23.5 Å². The van der Waals surface area contributed by atoms with Crippen molar-refractivity contribution in [2.75, 3.05) is 18.4 Å². The van der Waals surface area contributed by atoms with E-state index < -0.39 is 18.2 Å². The second-order valence-electron chi connectivity index (χ2n) is 9.30. The smallest absolute Gasteiger partial charge is 0.411 e. The topological polar surface area (TPSA) is 79.0 Å². The fourth-order valence-electron chi connectivity index (χ4n) is 4.44. The van der Waals surface area contributed by atoms with Crippen molar-refractivity contribution in [3.63, 3.8) is 0 Å². The average molecular weight is 468 g/mol. The van der Waals surface area contributed by atoms with Crippen LogP contribution in [0.4, 0.5) is 14.9 Å². The van der Waals surface area contributed by atoms with Crippen molar-refractivity contribution in [3.05, 3.63) is 65.5 Å². The number of halogens is 1. The largest absolute Gasteiger partial charge is 0.438 e. The van der Waals surface area contributed by atoms with Crippen LogP contribution >= 0.6 is 0 Å². The van der Waals surface area contributed by atoms with Gasteiger partial charge in [0.25, 0.3) is 0 Å². The van der Waals surface area contributed by atoms with E-state index in [-0.39, 0.29) is 30.1 Å². The normalized spacial score (nSPS) is 20.1. The van der Waals surface area contributed by atoms with Crippen LogP contribution in [-0.4, -0.2) is 46.8 Å². The second-order valence-corrected chi connectivity index (χ2v) is 9.30. The molecule has 0 aromatic heterocycles. The van der Waals surface area contributed by atoms with Gasteiger partial charge in [-0.2, -0.15) is 0 Å². The number of benzene rings is 2. The summed E-state index contributed by atoms with van der Waals surface area (Å²) in [5.74, 6) is -0.329. The van der Waals surface area contributed by atoms with Gasteiger partial charge in [0.05, 0.1) is 6.54 Å². The molecule has 4 rings (SSSR count). The van der Waals surface area contributed by atoms with Crippen molar-refractivity contribution >= 4 is 23.6 Å². The maximum atomic E-state index is 13.5. The van der Waals surface area contributed by atoms with E-state index in [4.69, 9.17) is 4.74 Å². The maximum Gasteiger partial charge on any atom is 0.411 e. The van der Waals surface area contributed by atoms with Crippen LogP contribution in [0.15, 0.2) is 48.5 Å². The number of carbonyl (C=O) groups excluding carboxylic acids is 3. The van der Waals surface area contributed by atoms with Gasteiger partial charge in [0.2, 0.25) is 11.8 Å². The third kappa shape index (κ3) is 5.38. The van der Waals surface area contributed by atoms with Gasteiger partial charge in [-0.05, 0) is 54.2 Å². The van der Waals surface area contributed by atoms with Crippen LogP contribution < -0.4 is 5.32 Å². The van der Waals surface area contributed by atoms with Gasteiger partial charge in [0, 0.05) is 25.2 Å². The number of ether oxygens (including phenoxy) is 1. The average Bonchev–Trinajstić information content (AvgIpc) is 3.44. The molecular formula is C26H30FN3O4. The molecule has 2 aromatic carbocycles. The van der Waals surface area contributed by atoms with Gasteiger partial charge in [-0.3, -0.25) is 14.5 Å². The van der Waals surface area contributed by atoms with Crippen LogP contribution in [0.5, 0.6) is 0 Å². The molecular weight excluding hydrogens is 437 g/mol. The summed E-state index contributed by atoms with van der Waals surface area (Å²) in [6.45, 7) is 5.41. The molecule has 1 N–H and O–H groups in total. The Bertz CT molecular complexity index is 1030. The van der Waals surface area contributed by atoms with E-state index in [0.717, 1.165) is 12.8 Å². The first-order valence-electron chi connectivity index (χ1n) is 11.7. The Morgan fingerprint density at radius 2 is 1.71 bits per heavy atom. The summed E-state index contributed by atoms with van der Waals surface area (Å²) in [4.78, 5) is 41.6. The quantitative estimate of drug-likeness (QED) is 0.651. The number of hydrogen-bond acceptors (Lipinski definition) is 4. The van der Waals surface area contributed by atoms with Gasteiger partial charge >= 0.3 is 6.09 Å². The molecule has 0 aliphatic carbocycles. The molecule has 2 unspecified atom stereocenters. The molecule has 2 fully saturated rings. The van der Waals surface area contributed by atoms with Crippen LogP contribution in [-0.2, 0) is 20.9 Å². The molecule has 7 nitrogen and oxygen atoms in total. The summed E-state index contributed by atoms with van der Waals surface area (Å²) in [5.41, 5.74) is 2.03. The van der Waals surface area contributed by atoms with Crippen LogP contribution in [0.1, 0.15) is 50.3 Å². The van der Waals surface area contributed by atoms with Gasteiger partial charge in [-0.15, -0.1) is 0 Å². The minimum Gasteiger partial charge on any atom is -0.438 e. The monoisotopic (exact) mass is 467 g/mol. The Morgan fingerprint density at radius 1 is 1.06 bits per heavy atom. The van der Waals surface area contributed by atoms with E-state index in [1.54, 1.807) is 41.3 Å². The molecule has 2 aliphatic heterocycles. The highest BCUT2D eigenvalue weighted by atomic mass is 19.1. The molecule has 3 amide bonds. The lowest BCUT2D eigenvalue weighted by molar-refractivity contribution is -0.135. The van der Waals surface area contributed by atoms with Gasteiger partial charge in [-0.25, -0.2) is 9.18 Å². The number of anilines is 1. The lowest BCUT2D eigenvalue weighted by Gasteiger charge is -2.28. The highest BCUT2D eigenvalue weighted by Gasteiger charge is 2.48. The van der Waals surface area contributed by atoms with Gasteiger partial charge in [0.15, 0.2) is 12.1 Å². The summed E-state index contributed by atoms with van der Waals surface area (Å²) in [6, 6.07) is 12.1. The lowest BCUT2D eigenvalue weighted by Crippen LogP contribution is -2.47. The minimum atomic E-state index is -0.822. The standard InChI is InChI=1S/C26H30FN3O4/c1-17(2)15-22(31)28-21-11-7-19(8-12-21)24-23(25(32)29-13-3-4-14-29)30(26(33)34-24)16-18-5-9-20(27)10-6-18/h5-12,17,23-24H,3-4,13-16H2,1-2H3,(H,28,31). The van der Waals surface area contributed by atoms with E-state index in [1.807, 2.05) is 13.8 Å². The van der Waals surface area contributed by atoms with E-state index in [2.05, 4.69) is 5.32 Å². The van der Waals surface area contributed by atoms with E-state index >= 15 is 0 Å². The van der Waals surface area contributed by atoms with Crippen molar-refractivity contribution in [3.8, 4) is 0 Å². The number of nitrogens with zero attached hydrogens (tertiary/aromatic N) is 2. The van der Waals surface area contributed by atoms with E-state index in [0.29, 0.717) is 36.3 Å². The highest BCUT2D eigenvalue weighted by molar-refractivity contribution is 5.91. The number of hydrogen-bond donors (Lipinski definition) is 1. The summed E-state index contributed by atoms with van der Waals surface area (Å²) in [5, 5.41) is 2.86. The Balaban J connectivity index is 1.57. The zero-order valence-electron chi connectivity index (χ0n) is 19.5. The van der Waals surface area contributed by atoms with E-state index in [1.165, 1.54) is 17.0 Å². The van der Waals surface area contributed by atoms with Crippen molar-refractivity contribution in [1.29, 1.82) is 0 Å². The van der Waals surface area contributed by atoms with Crippen molar-refractivity contribution in [2.45, 2.75) is 51.8 Å². The summed E-state index contributed by atoms with van der Waals surface area (Å²) < 4.78 is 19.1. The van der Waals surface area contributed by atoms with Crippen LogP contribution in [0.25, 0.3) is 0 Å². The Hall–Kier alpha value is -3.42. The van der Waals surface area contributed by atoms with Crippen LogP contribution in [0, 0.1) is 11.7 Å². The van der Waals surface area contributed by atoms with Crippen molar-refractivity contribution in [2.24, 2.45) is 5.92 Å². The van der Waals surface area contributed by atoms with Crippen LogP contribution in [0.3, 0.4) is 0 Å². The molecule has 2 aliphatic rings. The Labute approximate surface area is 198 Å². The number of cyclic esters (lactones) is 1. The van der Waals surface area contributed by atoms with Gasteiger partial charge in [0.1, 0.15) is 5.82 Å². The second kappa shape index (κ2) is 10.2. The van der Waals surface area contributed by atoms with Gasteiger partial charge in [-0.1, -0.05) is 38.1 Å². The molecule has 8 heteroatoms. The predicted octanol–water partition coefficient (Wildman–Crippen LogP) is 4.49. The predicted molar refractivity (Wildman–Crippen MR) is 125 cm³/mol. The third-order valence-corrected chi connectivity index (χ3v) is 6.14. The minimum absolute atomic E-state index is 0.0670. The summed E-state index contributed by atoms with van der Waals surface area (Å²) in [6.07, 6.45) is 0.927. The molecule has 0 bridgehead atoms. The SMILES string of the molecule is CC(C)CC(=O)Nc1ccc(C2OC(=O)N(Cc3ccc(F)cc3)C2C(=O)N2CCCC2)cc1. The van der Waals surface area contributed by atoms with E-state index in [9.17, 15) is 18.8 Å². The molecule has 180 valence electrons. The number of likely N-dealkylation sites (tertiary alicyclic amines) is 1. The number of rotatable bonds is 7. The number of nitrogens with one attached hydrogen (secondary N) is 1. The summed E-state index contributed by atoms with van der Waals surface area (Å²) >= 11 is 0. The molecule has 0 radical (unpaired) electrons. The van der Waals surface area contributed by atoms with Crippen LogP contribution in [0.2, 0.25) is 0 Å². The first-order valence-corrected chi connectivity index (χ1v) is 11.7. The molecule has 2 aromatic rings. The third-order valence-electron chi connectivity index (χ3n) is 6.14. The number of amides is 3. The number of carbonyl (C=O) groups is 3. The molecule has 2 saturated heterocycles. The molecule has 34 heavy (non-hydrogen) atoms. The Kier molecular flexibility index (Phi) is 7.14. The fraction of sp³-hybridized carbons (Fsp3) is 0.423. The van der Waals surface area contributed by atoms with Gasteiger partial charge < -0.3 is 15.0 Å². The lowest BCUT2D eigenvalue weighted by atomic mass is 9.99.